The molecule has 0 saturated carbocycles. The predicted molar refractivity (Wildman–Crippen MR) is 45.2 cm³/mol. The summed E-state index contributed by atoms with van der Waals surface area (Å²) in [7, 11) is 0.928. The zero-order valence-corrected chi connectivity index (χ0v) is 7.98. The minimum Gasteiger partial charge on any atom is -0.494 e. The van der Waals surface area contributed by atoms with Crippen LogP contribution in [0.1, 0.15) is 17.7 Å². The quantitative estimate of drug-likeness (QED) is 0.811. The first-order valence-electron chi connectivity index (χ1n) is 3.97. The van der Waals surface area contributed by atoms with Gasteiger partial charge >= 0.3 is 6.18 Å². The van der Waals surface area contributed by atoms with Gasteiger partial charge in [-0.15, -0.1) is 0 Å². The molecule has 0 saturated heterocycles. The Morgan fingerprint density at radius 1 is 1.38 bits per heavy atom. The van der Waals surface area contributed by atoms with E-state index in [1.165, 1.54) is 0 Å². The number of nitrogens with zero attached hydrogens (tertiary/aromatic N) is 1. The number of nitrogens with two attached hydrogens (primary N) is 1. The van der Waals surface area contributed by atoms with Crippen LogP contribution in [0.4, 0.5) is 27.8 Å². The molecule has 0 aliphatic carbocycles. The molecule has 1 heterocycles. The first kappa shape index (κ1) is 12.5. The van der Waals surface area contributed by atoms with Crippen molar-refractivity contribution in [3.8, 4) is 5.75 Å². The number of ether oxygens (including phenoxy) is 1. The Bertz CT molecular complexity index is 391. The number of aromatic nitrogens is 1. The fourth-order valence-electron chi connectivity index (χ4n) is 1.06. The number of alkyl halides is 5. The van der Waals surface area contributed by atoms with Crippen LogP contribution in [0.2, 0.25) is 0 Å². The van der Waals surface area contributed by atoms with Crippen LogP contribution in [0.15, 0.2) is 6.07 Å². The average molecular weight is 242 g/mol. The molecule has 1 aromatic heterocycles. The van der Waals surface area contributed by atoms with E-state index in [9.17, 15) is 22.0 Å². The molecule has 90 valence electrons. The Labute approximate surface area is 87.0 Å². The molecule has 1 aromatic rings. The van der Waals surface area contributed by atoms with Crippen LogP contribution in [-0.2, 0) is 6.18 Å². The molecule has 0 radical (unpaired) electrons. The molecule has 0 spiro atoms. The van der Waals surface area contributed by atoms with Crippen molar-refractivity contribution in [2.45, 2.75) is 12.6 Å². The molecule has 1 rings (SSSR count). The molecule has 3 nitrogen and oxygen atoms in total. The van der Waals surface area contributed by atoms with E-state index in [-0.39, 0.29) is 0 Å². The lowest BCUT2D eigenvalue weighted by Crippen LogP contribution is -2.13. The van der Waals surface area contributed by atoms with E-state index in [2.05, 4.69) is 9.72 Å². The van der Waals surface area contributed by atoms with E-state index >= 15 is 0 Å². The number of nitrogen functional groups attached to an aromatic ring is 1. The summed E-state index contributed by atoms with van der Waals surface area (Å²) in [6.45, 7) is 0. The van der Waals surface area contributed by atoms with Gasteiger partial charge in [0.15, 0.2) is 5.69 Å². The summed E-state index contributed by atoms with van der Waals surface area (Å²) in [4.78, 5) is 2.88. The van der Waals surface area contributed by atoms with Gasteiger partial charge in [0.25, 0.3) is 6.43 Å². The Morgan fingerprint density at radius 2 is 1.94 bits per heavy atom. The molecule has 0 aromatic carbocycles. The second kappa shape index (κ2) is 4.11. The molecule has 0 amide bonds. The van der Waals surface area contributed by atoms with Crippen LogP contribution < -0.4 is 10.5 Å². The summed E-state index contributed by atoms with van der Waals surface area (Å²) >= 11 is 0. The second-order valence-electron chi connectivity index (χ2n) is 2.81. The lowest BCUT2D eigenvalue weighted by Gasteiger charge is -2.13. The van der Waals surface area contributed by atoms with E-state index in [1.807, 2.05) is 0 Å². The standard InChI is InChI=1S/C8H7F5N2O/c1-16-4-2-3(6(9)10)7(14)15-5(4)8(11,12)13/h2,6H,1H3,(H2,14,15). The van der Waals surface area contributed by atoms with Gasteiger partial charge in [0.2, 0.25) is 0 Å². The highest BCUT2D eigenvalue weighted by atomic mass is 19.4. The molecular formula is C8H7F5N2O. The molecule has 8 heteroatoms. The fourth-order valence-corrected chi connectivity index (χ4v) is 1.06. The number of hydrogen-bond donors (Lipinski definition) is 1. The summed E-state index contributed by atoms with van der Waals surface area (Å²) in [5.41, 5.74) is 2.79. The monoisotopic (exact) mass is 242 g/mol. The van der Waals surface area contributed by atoms with Crippen molar-refractivity contribution in [1.82, 2.24) is 4.98 Å². The third-order valence-corrected chi connectivity index (χ3v) is 1.77. The van der Waals surface area contributed by atoms with Gasteiger partial charge in [-0.1, -0.05) is 0 Å². The number of halogens is 5. The number of anilines is 1. The largest absolute Gasteiger partial charge is 0.494 e. The van der Waals surface area contributed by atoms with Crippen molar-refractivity contribution >= 4 is 5.82 Å². The molecule has 0 atom stereocenters. The van der Waals surface area contributed by atoms with Crippen LogP contribution in [0.5, 0.6) is 5.75 Å². The first-order valence-corrected chi connectivity index (χ1v) is 3.97. The molecule has 0 aliphatic rings. The van der Waals surface area contributed by atoms with Crippen LogP contribution >= 0.6 is 0 Å². The molecule has 0 bridgehead atoms. The highest BCUT2D eigenvalue weighted by molar-refractivity contribution is 5.48. The summed E-state index contributed by atoms with van der Waals surface area (Å²) in [5.74, 6) is -1.64. The first-order chi connectivity index (χ1) is 7.27. The van der Waals surface area contributed by atoms with E-state index in [0.717, 1.165) is 7.11 Å². The lowest BCUT2D eigenvalue weighted by atomic mass is 10.2. The Balaban J connectivity index is 3.38. The van der Waals surface area contributed by atoms with Crippen LogP contribution in [0, 0.1) is 0 Å². The SMILES string of the molecule is COc1cc(C(F)F)c(N)nc1C(F)(F)F. The zero-order valence-electron chi connectivity index (χ0n) is 7.98. The number of pyridine rings is 1. The van der Waals surface area contributed by atoms with Crippen LogP contribution in [0.25, 0.3) is 0 Å². The highest BCUT2D eigenvalue weighted by Crippen LogP contribution is 2.38. The third kappa shape index (κ3) is 2.31. The molecule has 0 aliphatic heterocycles. The van der Waals surface area contributed by atoms with E-state index in [1.54, 1.807) is 0 Å². The minimum atomic E-state index is -4.81. The predicted octanol–water partition coefficient (Wildman–Crippen LogP) is 2.63. The molecule has 16 heavy (non-hydrogen) atoms. The Hall–Kier alpha value is -1.60. The van der Waals surface area contributed by atoms with Gasteiger partial charge in [0.05, 0.1) is 12.7 Å². The van der Waals surface area contributed by atoms with Gasteiger partial charge in [-0.2, -0.15) is 13.2 Å². The third-order valence-electron chi connectivity index (χ3n) is 1.77. The topological polar surface area (TPSA) is 48.1 Å². The molecular weight excluding hydrogens is 235 g/mol. The summed E-state index contributed by atoms with van der Waals surface area (Å²) in [5, 5.41) is 0. The molecule has 2 N–H and O–H groups in total. The maximum absolute atomic E-state index is 12.4. The highest BCUT2D eigenvalue weighted by Gasteiger charge is 2.37. The van der Waals surface area contributed by atoms with Crippen LogP contribution in [0.3, 0.4) is 0 Å². The van der Waals surface area contributed by atoms with Crippen molar-refractivity contribution in [2.75, 3.05) is 12.8 Å². The smallest absolute Gasteiger partial charge is 0.437 e. The van der Waals surface area contributed by atoms with E-state index in [4.69, 9.17) is 5.73 Å². The average Bonchev–Trinajstić information content (AvgIpc) is 2.15. The number of hydrogen-bond acceptors (Lipinski definition) is 3. The second-order valence-corrected chi connectivity index (χ2v) is 2.81. The van der Waals surface area contributed by atoms with Crippen molar-refractivity contribution in [3.05, 3.63) is 17.3 Å². The Morgan fingerprint density at radius 3 is 2.31 bits per heavy atom. The maximum Gasteiger partial charge on any atom is 0.437 e. The van der Waals surface area contributed by atoms with Crippen molar-refractivity contribution in [3.63, 3.8) is 0 Å². The fraction of sp³-hybridized carbons (Fsp3) is 0.375. The number of rotatable bonds is 2. The molecule has 0 fully saturated rings. The minimum absolute atomic E-state index is 0.538. The lowest BCUT2D eigenvalue weighted by molar-refractivity contribution is -0.142. The summed E-state index contributed by atoms with van der Waals surface area (Å²) < 4.78 is 66.1. The van der Waals surface area contributed by atoms with Crippen molar-refractivity contribution in [1.29, 1.82) is 0 Å². The van der Waals surface area contributed by atoms with Gasteiger partial charge in [-0.25, -0.2) is 13.8 Å². The van der Waals surface area contributed by atoms with E-state index < -0.39 is 35.4 Å². The normalized spacial score (nSPS) is 11.9. The Kier molecular flexibility index (Phi) is 3.20. The van der Waals surface area contributed by atoms with Crippen LogP contribution in [-0.4, -0.2) is 12.1 Å². The summed E-state index contributed by atoms with van der Waals surface area (Å²) in [6, 6.07) is 0.538. The summed E-state index contributed by atoms with van der Waals surface area (Å²) in [6.07, 6.45) is -7.82. The maximum atomic E-state index is 12.4. The van der Waals surface area contributed by atoms with Crippen molar-refractivity contribution < 1.29 is 26.7 Å². The van der Waals surface area contributed by atoms with E-state index in [0.29, 0.717) is 6.07 Å². The van der Waals surface area contributed by atoms with Gasteiger partial charge in [-0.3, -0.25) is 0 Å². The van der Waals surface area contributed by atoms with Gasteiger partial charge in [-0.05, 0) is 6.07 Å². The van der Waals surface area contributed by atoms with Gasteiger partial charge in [0.1, 0.15) is 11.6 Å². The number of methoxy groups -OCH3 is 1. The van der Waals surface area contributed by atoms with Crippen molar-refractivity contribution in [2.24, 2.45) is 0 Å². The van der Waals surface area contributed by atoms with Gasteiger partial charge in [0, 0.05) is 0 Å². The van der Waals surface area contributed by atoms with Gasteiger partial charge < -0.3 is 10.5 Å². The molecule has 0 unspecified atom stereocenters. The zero-order chi connectivity index (χ0) is 12.5.